The van der Waals surface area contributed by atoms with E-state index < -0.39 is 0 Å². The molecule has 0 aromatic heterocycles. The summed E-state index contributed by atoms with van der Waals surface area (Å²) in [5, 5.41) is 0. The van der Waals surface area contributed by atoms with E-state index in [0.29, 0.717) is 5.92 Å². The molecule has 2 aliphatic carbocycles. The summed E-state index contributed by atoms with van der Waals surface area (Å²) < 4.78 is 0. The highest BCUT2D eigenvalue weighted by molar-refractivity contribution is 5.66. The van der Waals surface area contributed by atoms with E-state index >= 15 is 0 Å². The maximum absolute atomic E-state index is 3.95. The first kappa shape index (κ1) is 21.9. The second-order valence-electron chi connectivity index (χ2n) is 9.63. The van der Waals surface area contributed by atoms with Crippen molar-refractivity contribution in [1.82, 2.24) is 0 Å². The Kier molecular flexibility index (Phi) is 7.62. The van der Waals surface area contributed by atoms with Crippen LogP contribution in [0.5, 0.6) is 0 Å². The van der Waals surface area contributed by atoms with Crippen LogP contribution in [0, 0.1) is 23.7 Å². The van der Waals surface area contributed by atoms with E-state index in [0.717, 1.165) is 17.8 Å². The summed E-state index contributed by atoms with van der Waals surface area (Å²) in [6, 6.07) is 18.1. The zero-order valence-corrected chi connectivity index (χ0v) is 19.2. The summed E-state index contributed by atoms with van der Waals surface area (Å²) in [4.78, 5) is 0. The monoisotopic (exact) mass is 410 g/mol. The molecule has 0 N–H and O–H groups in total. The number of allylic oxidation sites excluding steroid dienone is 4. The van der Waals surface area contributed by atoms with Crippen molar-refractivity contribution in [2.75, 3.05) is 0 Å². The zero-order chi connectivity index (χ0) is 21.5. The van der Waals surface area contributed by atoms with E-state index in [2.05, 4.69) is 92.4 Å². The van der Waals surface area contributed by atoms with Gasteiger partial charge in [-0.25, -0.2) is 0 Å². The van der Waals surface area contributed by atoms with Crippen LogP contribution in [-0.4, -0.2) is 0 Å². The van der Waals surface area contributed by atoms with Crippen molar-refractivity contribution in [3.05, 3.63) is 90.5 Å². The normalized spacial score (nSPS) is 26.2. The SMILES string of the molecule is C=CC1C=CC(C2CCC(C=Cc3ccc(-c4ccc(CCC)cc4)cc3)CC2)CC1. The van der Waals surface area contributed by atoms with Crippen LogP contribution in [0.4, 0.5) is 0 Å². The molecule has 4 rings (SSSR count). The molecule has 0 heteroatoms. The molecule has 0 nitrogen and oxygen atoms in total. The highest BCUT2D eigenvalue weighted by Crippen LogP contribution is 2.39. The molecular weight excluding hydrogens is 372 g/mol. The average Bonchev–Trinajstić information content (AvgIpc) is 2.84. The molecule has 0 radical (unpaired) electrons. The number of hydrogen-bond acceptors (Lipinski definition) is 0. The maximum atomic E-state index is 3.95. The van der Waals surface area contributed by atoms with Gasteiger partial charge in [0.25, 0.3) is 0 Å². The van der Waals surface area contributed by atoms with Gasteiger partial charge in [-0.1, -0.05) is 92.3 Å². The van der Waals surface area contributed by atoms with E-state index in [1.165, 1.54) is 73.6 Å². The average molecular weight is 411 g/mol. The van der Waals surface area contributed by atoms with Crippen molar-refractivity contribution < 1.29 is 0 Å². The third-order valence-corrected chi connectivity index (χ3v) is 7.46. The van der Waals surface area contributed by atoms with Crippen LogP contribution in [0.3, 0.4) is 0 Å². The lowest BCUT2D eigenvalue weighted by Crippen LogP contribution is -2.22. The minimum Gasteiger partial charge on any atom is -0.102 e. The molecule has 31 heavy (non-hydrogen) atoms. The van der Waals surface area contributed by atoms with Crippen LogP contribution < -0.4 is 0 Å². The smallest absolute Gasteiger partial charge is 0.00559 e. The van der Waals surface area contributed by atoms with Crippen LogP contribution in [0.1, 0.15) is 63.0 Å². The van der Waals surface area contributed by atoms with E-state index in [9.17, 15) is 0 Å². The number of benzene rings is 2. The topological polar surface area (TPSA) is 0 Å². The van der Waals surface area contributed by atoms with Crippen LogP contribution in [0.15, 0.2) is 79.4 Å². The Balaban J connectivity index is 1.28. The van der Waals surface area contributed by atoms with Crippen molar-refractivity contribution >= 4 is 6.08 Å². The third kappa shape index (κ3) is 5.88. The number of rotatable bonds is 7. The summed E-state index contributed by atoms with van der Waals surface area (Å²) in [6.45, 7) is 6.18. The quantitative estimate of drug-likeness (QED) is 0.400. The fourth-order valence-corrected chi connectivity index (χ4v) is 5.40. The van der Waals surface area contributed by atoms with E-state index in [1.54, 1.807) is 0 Å². The second kappa shape index (κ2) is 10.8. The molecular formula is C31H38. The van der Waals surface area contributed by atoms with E-state index in [-0.39, 0.29) is 0 Å². The minimum atomic E-state index is 0.613. The van der Waals surface area contributed by atoms with Crippen molar-refractivity contribution in [2.45, 2.75) is 58.3 Å². The Morgan fingerprint density at radius 3 is 2.06 bits per heavy atom. The Morgan fingerprint density at radius 1 is 0.806 bits per heavy atom. The predicted octanol–water partition coefficient (Wildman–Crippen LogP) is 8.89. The van der Waals surface area contributed by atoms with Crippen LogP contribution in [-0.2, 0) is 6.42 Å². The molecule has 2 aromatic rings. The Hall–Kier alpha value is -2.34. The molecule has 2 aliphatic rings. The molecule has 0 amide bonds. The van der Waals surface area contributed by atoms with E-state index in [4.69, 9.17) is 0 Å². The van der Waals surface area contributed by atoms with Crippen LogP contribution in [0.2, 0.25) is 0 Å². The summed E-state index contributed by atoms with van der Waals surface area (Å²) in [5.74, 6) is 3.07. The van der Waals surface area contributed by atoms with Gasteiger partial charge in [0.2, 0.25) is 0 Å². The number of aryl methyl sites for hydroxylation is 1. The van der Waals surface area contributed by atoms with E-state index in [1.807, 2.05) is 0 Å². The Labute approximate surface area is 189 Å². The molecule has 0 spiro atoms. The van der Waals surface area contributed by atoms with Crippen molar-refractivity contribution in [3.8, 4) is 11.1 Å². The molecule has 0 aliphatic heterocycles. The van der Waals surface area contributed by atoms with Gasteiger partial charge in [0, 0.05) is 0 Å². The highest BCUT2D eigenvalue weighted by Gasteiger charge is 2.27. The molecule has 0 bridgehead atoms. The minimum absolute atomic E-state index is 0.613. The summed E-state index contributed by atoms with van der Waals surface area (Å²) in [7, 11) is 0. The third-order valence-electron chi connectivity index (χ3n) is 7.46. The van der Waals surface area contributed by atoms with Gasteiger partial charge in [0.15, 0.2) is 0 Å². The Morgan fingerprint density at radius 2 is 1.48 bits per heavy atom. The maximum Gasteiger partial charge on any atom is -0.00559 e. The van der Waals surface area contributed by atoms with Gasteiger partial charge in [0.05, 0.1) is 0 Å². The van der Waals surface area contributed by atoms with Crippen LogP contribution in [0.25, 0.3) is 17.2 Å². The molecule has 162 valence electrons. The molecule has 1 fully saturated rings. The van der Waals surface area contributed by atoms with Gasteiger partial charge in [-0.05, 0) is 90.9 Å². The van der Waals surface area contributed by atoms with Gasteiger partial charge < -0.3 is 0 Å². The lowest BCUT2D eigenvalue weighted by atomic mass is 9.72. The highest BCUT2D eigenvalue weighted by atomic mass is 14.3. The van der Waals surface area contributed by atoms with Gasteiger partial charge in [-0.2, -0.15) is 0 Å². The second-order valence-corrected chi connectivity index (χ2v) is 9.63. The first-order valence-electron chi connectivity index (χ1n) is 12.4. The summed E-state index contributed by atoms with van der Waals surface area (Å²) in [5.41, 5.74) is 5.37. The predicted molar refractivity (Wildman–Crippen MR) is 136 cm³/mol. The fraction of sp³-hybridized carbons (Fsp3) is 0.419. The Bertz CT molecular complexity index is 873. The molecule has 2 aromatic carbocycles. The largest absolute Gasteiger partial charge is 0.102 e. The van der Waals surface area contributed by atoms with Crippen molar-refractivity contribution in [3.63, 3.8) is 0 Å². The first-order chi connectivity index (χ1) is 15.2. The van der Waals surface area contributed by atoms with Gasteiger partial charge >= 0.3 is 0 Å². The van der Waals surface area contributed by atoms with Gasteiger partial charge in [-0.15, -0.1) is 6.58 Å². The fourth-order valence-electron chi connectivity index (χ4n) is 5.40. The van der Waals surface area contributed by atoms with Crippen molar-refractivity contribution in [1.29, 1.82) is 0 Å². The first-order valence-corrected chi connectivity index (χ1v) is 12.4. The molecule has 2 atom stereocenters. The number of hydrogen-bond donors (Lipinski definition) is 0. The molecule has 0 heterocycles. The molecule has 1 saturated carbocycles. The van der Waals surface area contributed by atoms with Gasteiger partial charge in [0.1, 0.15) is 0 Å². The van der Waals surface area contributed by atoms with Crippen LogP contribution >= 0.6 is 0 Å². The standard InChI is InChI=1S/C31H38/c1-3-5-25-10-18-29(19-11-25)31-22-14-27(15-23-31)7-6-26-12-20-30(21-13-26)28-16-8-24(4-2)9-17-28/h4,6-8,10-11,14-16,18-19,22-24,26,28,30H,2-3,5,9,12-13,17,20-21H2,1H3. The summed E-state index contributed by atoms with van der Waals surface area (Å²) >= 11 is 0. The van der Waals surface area contributed by atoms with Crippen molar-refractivity contribution in [2.24, 2.45) is 23.7 Å². The lowest BCUT2D eigenvalue weighted by molar-refractivity contribution is 0.236. The molecule has 2 unspecified atom stereocenters. The zero-order valence-electron chi connectivity index (χ0n) is 19.2. The van der Waals surface area contributed by atoms with Gasteiger partial charge in [-0.3, -0.25) is 0 Å². The summed E-state index contributed by atoms with van der Waals surface area (Å²) in [6.07, 6.45) is 22.3. The molecule has 0 saturated heterocycles. The lowest BCUT2D eigenvalue weighted by Gasteiger charge is -2.34.